The van der Waals surface area contributed by atoms with Crippen LogP contribution in [0.1, 0.15) is 6.92 Å². The van der Waals surface area contributed by atoms with Gasteiger partial charge in [0.25, 0.3) is 0 Å². The highest BCUT2D eigenvalue weighted by Crippen LogP contribution is 1.87. The maximum Gasteiger partial charge on any atom is 0.136 e. The van der Waals surface area contributed by atoms with Gasteiger partial charge < -0.3 is 15.7 Å². The molecule has 0 heterocycles. The third-order valence-electron chi connectivity index (χ3n) is 0.862. The lowest BCUT2D eigenvalue weighted by atomic mass is 10.5. The van der Waals surface area contributed by atoms with Crippen LogP contribution in [-0.2, 0) is 0 Å². The van der Waals surface area contributed by atoms with Crippen LogP contribution in [0.2, 0.25) is 0 Å². The number of hydrogen-bond acceptors (Lipinski definition) is 3. The van der Waals surface area contributed by atoms with Gasteiger partial charge in [0.2, 0.25) is 0 Å². The number of rotatable bonds is 2. The van der Waals surface area contributed by atoms with Gasteiger partial charge in [-0.2, -0.15) is 0 Å². The van der Waals surface area contributed by atoms with Crippen molar-refractivity contribution >= 4 is 0 Å². The molecule has 0 aliphatic rings. The van der Waals surface area contributed by atoms with Crippen LogP contribution < -0.4 is 10.6 Å². The molecule has 0 unspecified atom stereocenters. The molecule has 8 heavy (non-hydrogen) atoms. The quantitative estimate of drug-likeness (QED) is 0.451. The zero-order valence-corrected chi connectivity index (χ0v) is 5.45. The molecule has 3 N–H and O–H groups in total. The molecule has 0 aromatic heterocycles. The minimum atomic E-state index is 0.273. The van der Waals surface area contributed by atoms with Crippen LogP contribution in [-0.4, -0.2) is 19.2 Å². The SMILES string of the molecule is CNC(NC)=C(C)O. The molecule has 0 rings (SSSR count). The molecule has 0 fully saturated rings. The Morgan fingerprint density at radius 1 is 1.25 bits per heavy atom. The molecule has 0 radical (unpaired) electrons. The standard InChI is InChI=1S/C5H12N2O/c1-4(8)5(6-2)7-3/h6-8H,1-3H3. The second-order valence-electron chi connectivity index (χ2n) is 1.46. The largest absolute Gasteiger partial charge is 0.509 e. The van der Waals surface area contributed by atoms with Crippen LogP contribution in [0.15, 0.2) is 11.6 Å². The van der Waals surface area contributed by atoms with Gasteiger partial charge in [0.05, 0.1) is 0 Å². The number of nitrogens with one attached hydrogen (secondary N) is 2. The Bertz CT molecular complexity index is 88.6. The molecule has 3 heteroatoms. The summed E-state index contributed by atoms with van der Waals surface area (Å²) in [6, 6.07) is 0. The van der Waals surface area contributed by atoms with E-state index in [9.17, 15) is 0 Å². The highest BCUT2D eigenvalue weighted by Gasteiger charge is 1.90. The molecule has 3 nitrogen and oxygen atoms in total. The Morgan fingerprint density at radius 3 is 1.62 bits per heavy atom. The van der Waals surface area contributed by atoms with Crippen LogP contribution in [0.25, 0.3) is 0 Å². The molecule has 0 aromatic rings. The smallest absolute Gasteiger partial charge is 0.136 e. The fourth-order valence-corrected chi connectivity index (χ4v) is 0.487. The van der Waals surface area contributed by atoms with E-state index in [1.54, 1.807) is 21.0 Å². The molecule has 0 atom stereocenters. The second-order valence-corrected chi connectivity index (χ2v) is 1.46. The molecule has 0 aromatic carbocycles. The Balaban J connectivity index is 3.86. The van der Waals surface area contributed by atoms with E-state index < -0.39 is 0 Å². The van der Waals surface area contributed by atoms with Gasteiger partial charge in [-0.3, -0.25) is 0 Å². The van der Waals surface area contributed by atoms with Crippen molar-refractivity contribution in [1.82, 2.24) is 10.6 Å². The molecule has 0 saturated heterocycles. The predicted molar refractivity (Wildman–Crippen MR) is 33.4 cm³/mol. The summed E-state index contributed by atoms with van der Waals surface area (Å²) in [5, 5.41) is 14.3. The first-order valence-electron chi connectivity index (χ1n) is 2.47. The number of allylic oxidation sites excluding steroid dienone is 1. The Hall–Kier alpha value is -0.860. The van der Waals surface area contributed by atoms with Crippen molar-refractivity contribution in [2.45, 2.75) is 6.92 Å². The molecular formula is C5H12N2O. The molecule has 48 valence electrons. The van der Waals surface area contributed by atoms with Crippen LogP contribution in [0.5, 0.6) is 0 Å². The lowest BCUT2D eigenvalue weighted by Crippen LogP contribution is -2.20. The minimum Gasteiger partial charge on any atom is -0.509 e. The van der Waals surface area contributed by atoms with Crippen LogP contribution in [0.3, 0.4) is 0 Å². The zero-order valence-electron chi connectivity index (χ0n) is 5.45. The normalized spacial score (nSPS) is 7.88. The fourth-order valence-electron chi connectivity index (χ4n) is 0.487. The maximum absolute atomic E-state index is 8.77. The summed E-state index contributed by atoms with van der Waals surface area (Å²) in [5.41, 5.74) is 0. The van der Waals surface area contributed by atoms with E-state index in [0.29, 0.717) is 5.82 Å². The van der Waals surface area contributed by atoms with E-state index in [4.69, 9.17) is 5.11 Å². The molecule has 0 saturated carbocycles. The first kappa shape index (κ1) is 7.14. The van der Waals surface area contributed by atoms with E-state index in [-0.39, 0.29) is 5.76 Å². The summed E-state index contributed by atoms with van der Waals surface area (Å²) in [6.45, 7) is 1.61. The van der Waals surface area contributed by atoms with Gasteiger partial charge in [0.1, 0.15) is 11.6 Å². The van der Waals surface area contributed by atoms with E-state index in [2.05, 4.69) is 10.6 Å². The van der Waals surface area contributed by atoms with Gasteiger partial charge in [0.15, 0.2) is 0 Å². The van der Waals surface area contributed by atoms with E-state index in [1.165, 1.54) is 0 Å². The Kier molecular flexibility index (Phi) is 2.84. The summed E-state index contributed by atoms with van der Waals surface area (Å²) in [5.74, 6) is 0.931. The number of aliphatic hydroxyl groups excluding tert-OH is 1. The van der Waals surface area contributed by atoms with Crippen molar-refractivity contribution in [3.05, 3.63) is 11.6 Å². The topological polar surface area (TPSA) is 44.3 Å². The Morgan fingerprint density at radius 2 is 1.62 bits per heavy atom. The lowest BCUT2D eigenvalue weighted by molar-refractivity contribution is 0.396. The first-order valence-corrected chi connectivity index (χ1v) is 2.47. The van der Waals surface area contributed by atoms with Gasteiger partial charge in [-0.15, -0.1) is 0 Å². The molecule has 0 amide bonds. The van der Waals surface area contributed by atoms with Gasteiger partial charge in [-0.25, -0.2) is 0 Å². The van der Waals surface area contributed by atoms with Crippen molar-refractivity contribution in [3.8, 4) is 0 Å². The summed E-state index contributed by atoms with van der Waals surface area (Å²) < 4.78 is 0. The minimum absolute atomic E-state index is 0.273. The van der Waals surface area contributed by atoms with Crippen molar-refractivity contribution in [2.75, 3.05) is 14.1 Å². The Labute approximate surface area is 49.4 Å². The van der Waals surface area contributed by atoms with Crippen molar-refractivity contribution in [2.24, 2.45) is 0 Å². The van der Waals surface area contributed by atoms with E-state index >= 15 is 0 Å². The second kappa shape index (κ2) is 3.18. The highest BCUT2D eigenvalue weighted by molar-refractivity contribution is 4.98. The van der Waals surface area contributed by atoms with Crippen LogP contribution >= 0.6 is 0 Å². The fraction of sp³-hybridized carbons (Fsp3) is 0.600. The molecule has 0 bridgehead atoms. The maximum atomic E-state index is 8.77. The van der Waals surface area contributed by atoms with E-state index in [0.717, 1.165) is 0 Å². The average molecular weight is 116 g/mol. The number of aliphatic hydroxyl groups is 1. The zero-order chi connectivity index (χ0) is 6.57. The molecule has 0 aliphatic carbocycles. The van der Waals surface area contributed by atoms with Crippen LogP contribution in [0, 0.1) is 0 Å². The van der Waals surface area contributed by atoms with E-state index in [1.807, 2.05) is 0 Å². The van der Waals surface area contributed by atoms with Crippen molar-refractivity contribution < 1.29 is 5.11 Å². The van der Waals surface area contributed by atoms with Crippen molar-refractivity contribution in [3.63, 3.8) is 0 Å². The third kappa shape index (κ3) is 1.73. The number of hydrogen-bond donors (Lipinski definition) is 3. The lowest BCUT2D eigenvalue weighted by Gasteiger charge is -2.04. The molecular weight excluding hydrogens is 104 g/mol. The molecule has 0 aliphatic heterocycles. The summed E-state index contributed by atoms with van der Waals surface area (Å²) in [4.78, 5) is 0. The van der Waals surface area contributed by atoms with Gasteiger partial charge >= 0.3 is 0 Å². The average Bonchev–Trinajstić information content (AvgIpc) is 1.69. The van der Waals surface area contributed by atoms with Gasteiger partial charge in [-0.05, 0) is 6.92 Å². The van der Waals surface area contributed by atoms with Crippen LogP contribution in [0.4, 0.5) is 0 Å². The summed E-state index contributed by atoms with van der Waals surface area (Å²) in [7, 11) is 3.48. The van der Waals surface area contributed by atoms with Crippen molar-refractivity contribution in [1.29, 1.82) is 0 Å². The monoisotopic (exact) mass is 116 g/mol. The third-order valence-corrected chi connectivity index (χ3v) is 0.862. The predicted octanol–water partition coefficient (Wildman–Crippen LogP) is 0.172. The summed E-state index contributed by atoms with van der Waals surface area (Å²) >= 11 is 0. The van der Waals surface area contributed by atoms with Gasteiger partial charge in [-0.1, -0.05) is 0 Å². The molecule has 0 spiro atoms. The first-order chi connectivity index (χ1) is 3.72. The van der Waals surface area contributed by atoms with Gasteiger partial charge in [0, 0.05) is 14.1 Å². The summed E-state index contributed by atoms with van der Waals surface area (Å²) in [6.07, 6.45) is 0. The highest BCUT2D eigenvalue weighted by atomic mass is 16.3.